The minimum Gasteiger partial charge on any atom is -0.462 e. The minimum absolute atomic E-state index is 0.0177. The Morgan fingerprint density at radius 2 is 2.00 bits per heavy atom. The number of carbonyl (C=O) groups is 2. The summed E-state index contributed by atoms with van der Waals surface area (Å²) in [4.78, 5) is 43.1. The van der Waals surface area contributed by atoms with Gasteiger partial charge in [-0.25, -0.2) is 9.78 Å². The Kier molecular flexibility index (Phi) is 7.72. The fourth-order valence-corrected chi connectivity index (χ4v) is 5.37. The number of hydrogen-bond donors (Lipinski definition) is 1. The van der Waals surface area contributed by atoms with Crippen LogP contribution in [0.2, 0.25) is 0 Å². The molecule has 0 saturated carbocycles. The van der Waals surface area contributed by atoms with Gasteiger partial charge >= 0.3 is 5.97 Å². The molecule has 0 atom stereocenters. The molecule has 0 unspecified atom stereocenters. The van der Waals surface area contributed by atoms with E-state index in [0.29, 0.717) is 44.7 Å². The van der Waals surface area contributed by atoms with Crippen molar-refractivity contribution in [3.05, 3.63) is 63.5 Å². The lowest BCUT2D eigenvalue weighted by Gasteiger charge is -2.12. The zero-order valence-electron chi connectivity index (χ0n) is 19.6. The van der Waals surface area contributed by atoms with Crippen molar-refractivity contribution >= 4 is 50.9 Å². The van der Waals surface area contributed by atoms with Gasteiger partial charge in [0.2, 0.25) is 5.91 Å². The second-order valence-corrected chi connectivity index (χ2v) is 9.51. The fraction of sp³-hybridized carbons (Fsp3) is 0.280. The summed E-state index contributed by atoms with van der Waals surface area (Å²) < 4.78 is 12.5. The van der Waals surface area contributed by atoms with Crippen LogP contribution in [0.4, 0.5) is 5.00 Å². The Labute approximate surface area is 210 Å². The highest BCUT2D eigenvalue weighted by Gasteiger charge is 2.24. The predicted octanol–water partition coefficient (Wildman–Crippen LogP) is 5.34. The SMILES string of the molecule is CCCn1c(SCC(=O)Nc2scc(-c3ccc(C)o3)c2C(=O)OCC)nc2ccccc2c1=O. The number of esters is 1. The molecule has 0 aliphatic carbocycles. The monoisotopic (exact) mass is 511 g/mol. The lowest BCUT2D eigenvalue weighted by molar-refractivity contribution is -0.113. The van der Waals surface area contributed by atoms with Crippen molar-refractivity contribution in [2.75, 3.05) is 17.7 Å². The number of nitrogens with one attached hydrogen (secondary N) is 1. The first-order valence-corrected chi connectivity index (χ1v) is 13.1. The van der Waals surface area contributed by atoms with Crippen LogP contribution in [0.5, 0.6) is 0 Å². The minimum atomic E-state index is -0.534. The molecule has 0 spiro atoms. The molecule has 4 rings (SSSR count). The molecule has 1 amide bonds. The standard InChI is InChI=1S/C25H25N3O5S2/c1-4-12-28-23(30)16-8-6-7-9-18(16)26-25(28)35-14-20(29)27-22-21(24(31)32-5-2)17(13-34-22)19-11-10-15(3)33-19/h6-11,13H,4-5,12,14H2,1-3H3,(H,27,29). The molecule has 4 aromatic rings. The zero-order chi connectivity index (χ0) is 24.9. The van der Waals surface area contributed by atoms with Crippen LogP contribution in [0, 0.1) is 6.92 Å². The number of para-hydroxylation sites is 1. The molecule has 0 bridgehead atoms. The number of ether oxygens (including phenoxy) is 1. The van der Waals surface area contributed by atoms with E-state index in [4.69, 9.17) is 9.15 Å². The van der Waals surface area contributed by atoms with Gasteiger partial charge in [0, 0.05) is 17.5 Å². The van der Waals surface area contributed by atoms with Crippen molar-refractivity contribution in [3.63, 3.8) is 0 Å². The smallest absolute Gasteiger partial charge is 0.341 e. The lowest BCUT2D eigenvalue weighted by atomic mass is 10.1. The Hall–Kier alpha value is -3.37. The highest BCUT2D eigenvalue weighted by atomic mass is 32.2. The Bertz CT molecular complexity index is 1440. The van der Waals surface area contributed by atoms with Gasteiger partial charge in [-0.1, -0.05) is 30.8 Å². The van der Waals surface area contributed by atoms with E-state index in [0.717, 1.165) is 6.42 Å². The number of thiophene rings is 1. The van der Waals surface area contributed by atoms with Crippen molar-refractivity contribution in [2.45, 2.75) is 38.9 Å². The molecule has 1 aromatic carbocycles. The van der Waals surface area contributed by atoms with Gasteiger partial charge in [-0.2, -0.15) is 0 Å². The topological polar surface area (TPSA) is 103 Å². The van der Waals surface area contributed by atoms with E-state index < -0.39 is 5.97 Å². The summed E-state index contributed by atoms with van der Waals surface area (Å²) >= 11 is 2.41. The number of anilines is 1. The molecule has 0 saturated heterocycles. The molecule has 182 valence electrons. The highest BCUT2D eigenvalue weighted by Crippen LogP contribution is 2.37. The number of amides is 1. The van der Waals surface area contributed by atoms with Crippen LogP contribution in [0.3, 0.4) is 0 Å². The number of nitrogens with zero attached hydrogens (tertiary/aromatic N) is 2. The molecule has 35 heavy (non-hydrogen) atoms. The van der Waals surface area contributed by atoms with Crippen molar-refractivity contribution in [3.8, 4) is 11.3 Å². The maximum absolute atomic E-state index is 12.9. The third-order valence-corrected chi connectivity index (χ3v) is 7.01. The molecule has 0 radical (unpaired) electrons. The highest BCUT2D eigenvalue weighted by molar-refractivity contribution is 7.99. The largest absolute Gasteiger partial charge is 0.462 e. The number of benzene rings is 1. The number of aryl methyl sites for hydroxylation is 1. The van der Waals surface area contributed by atoms with Crippen molar-refractivity contribution in [1.82, 2.24) is 9.55 Å². The van der Waals surface area contributed by atoms with Gasteiger partial charge in [0.25, 0.3) is 5.56 Å². The number of furan rings is 1. The zero-order valence-corrected chi connectivity index (χ0v) is 21.3. The molecule has 10 heteroatoms. The van der Waals surface area contributed by atoms with Gasteiger partial charge < -0.3 is 14.5 Å². The van der Waals surface area contributed by atoms with Crippen molar-refractivity contribution in [2.24, 2.45) is 0 Å². The Morgan fingerprint density at radius 3 is 2.71 bits per heavy atom. The second-order valence-electron chi connectivity index (χ2n) is 7.69. The van der Waals surface area contributed by atoms with Crippen LogP contribution in [-0.4, -0.2) is 33.8 Å². The average Bonchev–Trinajstić information content (AvgIpc) is 3.46. The molecule has 3 aromatic heterocycles. The predicted molar refractivity (Wildman–Crippen MR) is 138 cm³/mol. The Morgan fingerprint density at radius 1 is 1.20 bits per heavy atom. The summed E-state index contributed by atoms with van der Waals surface area (Å²) in [7, 11) is 0. The Balaban J connectivity index is 1.57. The number of hydrogen-bond acceptors (Lipinski definition) is 8. The summed E-state index contributed by atoms with van der Waals surface area (Å²) in [6.45, 7) is 6.23. The fourth-order valence-electron chi connectivity index (χ4n) is 3.59. The van der Waals surface area contributed by atoms with E-state index in [1.54, 1.807) is 35.1 Å². The van der Waals surface area contributed by atoms with Gasteiger partial charge in [-0.3, -0.25) is 14.2 Å². The van der Waals surface area contributed by atoms with E-state index in [1.807, 2.05) is 32.0 Å². The number of thioether (sulfide) groups is 1. The van der Waals surface area contributed by atoms with E-state index in [1.165, 1.54) is 23.1 Å². The number of fused-ring (bicyclic) bond motifs is 1. The van der Waals surface area contributed by atoms with Crippen LogP contribution in [0.1, 0.15) is 36.4 Å². The molecular weight excluding hydrogens is 486 g/mol. The summed E-state index contributed by atoms with van der Waals surface area (Å²) in [6, 6.07) is 10.8. The maximum atomic E-state index is 12.9. The molecule has 3 heterocycles. The van der Waals surface area contributed by atoms with Crippen LogP contribution < -0.4 is 10.9 Å². The number of carbonyl (C=O) groups excluding carboxylic acids is 2. The summed E-state index contributed by atoms with van der Waals surface area (Å²) in [5, 5.41) is 6.00. The molecule has 0 aliphatic rings. The van der Waals surface area contributed by atoms with Gasteiger partial charge in [0.1, 0.15) is 22.1 Å². The summed E-state index contributed by atoms with van der Waals surface area (Å²) in [5.41, 5.74) is 1.30. The first kappa shape index (κ1) is 24.7. The van der Waals surface area contributed by atoms with E-state index >= 15 is 0 Å². The van der Waals surface area contributed by atoms with E-state index in [2.05, 4.69) is 10.3 Å². The molecule has 0 aliphatic heterocycles. The third-order valence-electron chi connectivity index (χ3n) is 5.14. The van der Waals surface area contributed by atoms with Crippen molar-refractivity contribution in [1.29, 1.82) is 0 Å². The van der Waals surface area contributed by atoms with Crippen LogP contribution >= 0.6 is 23.1 Å². The number of rotatable bonds is 9. The quantitative estimate of drug-likeness (QED) is 0.184. The molecule has 0 fully saturated rings. The van der Waals surface area contributed by atoms with Crippen LogP contribution in [0.15, 0.2) is 56.1 Å². The second kappa shape index (κ2) is 10.9. The van der Waals surface area contributed by atoms with Gasteiger partial charge in [0.05, 0.1) is 23.3 Å². The van der Waals surface area contributed by atoms with E-state index in [-0.39, 0.29) is 29.4 Å². The number of aromatic nitrogens is 2. The molecule has 1 N–H and O–H groups in total. The average molecular weight is 512 g/mol. The van der Waals surface area contributed by atoms with Crippen LogP contribution in [0.25, 0.3) is 22.2 Å². The van der Waals surface area contributed by atoms with Gasteiger partial charge in [-0.15, -0.1) is 11.3 Å². The van der Waals surface area contributed by atoms with Gasteiger partial charge in [-0.05, 0) is 44.5 Å². The van der Waals surface area contributed by atoms with Crippen LogP contribution in [-0.2, 0) is 16.1 Å². The summed E-state index contributed by atoms with van der Waals surface area (Å²) in [5.74, 6) is 0.400. The van der Waals surface area contributed by atoms with Gasteiger partial charge in [0.15, 0.2) is 5.16 Å². The summed E-state index contributed by atoms with van der Waals surface area (Å²) in [6.07, 6.45) is 0.757. The molecule has 8 nitrogen and oxygen atoms in total. The first-order chi connectivity index (χ1) is 16.9. The lowest BCUT2D eigenvalue weighted by Crippen LogP contribution is -2.24. The normalized spacial score (nSPS) is 11.1. The first-order valence-electron chi connectivity index (χ1n) is 11.2. The third kappa shape index (κ3) is 5.33. The molecular formula is C25H25N3O5S2. The maximum Gasteiger partial charge on any atom is 0.341 e. The van der Waals surface area contributed by atoms with Crippen molar-refractivity contribution < 1.29 is 18.7 Å². The van der Waals surface area contributed by atoms with E-state index in [9.17, 15) is 14.4 Å².